The van der Waals surface area contributed by atoms with E-state index in [1.165, 1.54) is 95.0 Å². The number of amides is 4. The van der Waals surface area contributed by atoms with Crippen molar-refractivity contribution in [2.75, 3.05) is 25.0 Å². The van der Waals surface area contributed by atoms with Crippen molar-refractivity contribution in [3.05, 3.63) is 183 Å². The highest BCUT2D eigenvalue weighted by molar-refractivity contribution is 6.07. The van der Waals surface area contributed by atoms with Gasteiger partial charge in [0.1, 0.15) is 0 Å². The average molecular weight is 1120 g/mol. The molecule has 23 heteroatoms. The van der Waals surface area contributed by atoms with Crippen LogP contribution in [-0.2, 0) is 25.7 Å². The van der Waals surface area contributed by atoms with E-state index < -0.39 is 20.4 Å². The average Bonchev–Trinajstić information content (AvgIpc) is 3.68. The number of carbonyl (C=O) groups is 6. The number of nitro benzene ring substituents is 3. The van der Waals surface area contributed by atoms with Gasteiger partial charge in [-0.15, -0.1) is 0 Å². The van der Waals surface area contributed by atoms with Gasteiger partial charge in [0.2, 0.25) is 23.6 Å². The standard InChI is InChI=1S/C22H29N3O3.2C14H14N2O4.C9H5NO4/c1-16(26)23-12-14-25-13-11-18-19(22(25)28)9-6-10-20(18)24-21(27)15-17-7-4-2-3-5-8-17;2*1-9(17)15-8-7-10-5-6-11-12(14(10)18)3-2-4-13(11)16(19)20;11-9-7-2-1-3-8(10(12)13)6(7)4-5-14-9/h6,9-11,13,17H,2-5,7-8,12,14-15H2,1H3,(H,23,26)(H,24,27);2*2-6,10H,7-8H2,1H3,(H,15,17);1-5H. The molecule has 0 aliphatic heterocycles. The van der Waals surface area contributed by atoms with Crippen LogP contribution in [0.2, 0.25) is 0 Å². The molecule has 2 atom stereocenters. The number of Topliss-reactive ketones (excluding diaryl/α,β-unsaturated/α-hetero) is 2. The number of non-ortho nitro benzene ring substituents is 1. The van der Waals surface area contributed by atoms with Crippen molar-refractivity contribution in [2.24, 2.45) is 17.8 Å². The van der Waals surface area contributed by atoms with Crippen LogP contribution in [0.3, 0.4) is 0 Å². The van der Waals surface area contributed by atoms with Gasteiger partial charge >= 0.3 is 5.63 Å². The van der Waals surface area contributed by atoms with Gasteiger partial charge in [-0.2, -0.15) is 0 Å². The van der Waals surface area contributed by atoms with Gasteiger partial charge < -0.3 is 30.3 Å². The molecule has 6 aromatic rings. The summed E-state index contributed by atoms with van der Waals surface area (Å²) in [5.41, 5.74) is 1.24. The molecule has 0 bridgehead atoms. The number of pyridine rings is 1. The number of allylic oxidation sites excluding steroid dienone is 2. The van der Waals surface area contributed by atoms with Crippen molar-refractivity contribution in [1.29, 1.82) is 0 Å². The lowest BCUT2D eigenvalue weighted by molar-refractivity contribution is -0.385. The van der Waals surface area contributed by atoms with E-state index >= 15 is 0 Å². The lowest BCUT2D eigenvalue weighted by Crippen LogP contribution is -2.29. The molecule has 2 aromatic heterocycles. The zero-order valence-electron chi connectivity index (χ0n) is 45.4. The van der Waals surface area contributed by atoms with Crippen molar-refractivity contribution in [3.8, 4) is 0 Å². The van der Waals surface area contributed by atoms with Gasteiger partial charge in [0.05, 0.1) is 42.9 Å². The number of fused-ring (bicyclic) bond motifs is 4. The zero-order chi connectivity index (χ0) is 59.5. The van der Waals surface area contributed by atoms with E-state index in [-0.39, 0.29) is 75.0 Å². The number of aromatic nitrogens is 1. The Morgan fingerprint density at radius 3 is 1.59 bits per heavy atom. The van der Waals surface area contributed by atoms with Gasteiger partial charge in [-0.1, -0.05) is 86.4 Å². The molecule has 3 aliphatic rings. The van der Waals surface area contributed by atoms with Crippen LogP contribution in [0.5, 0.6) is 0 Å². The van der Waals surface area contributed by atoms with Crippen LogP contribution in [0.15, 0.2) is 124 Å². The summed E-state index contributed by atoms with van der Waals surface area (Å²) in [7, 11) is 0. The monoisotopic (exact) mass is 1120 g/mol. The first-order valence-corrected chi connectivity index (χ1v) is 26.6. The fraction of sp³-hybridized carbons (Fsp3) is 0.322. The summed E-state index contributed by atoms with van der Waals surface area (Å²) in [4.78, 5) is 125. The highest BCUT2D eigenvalue weighted by Crippen LogP contribution is 2.33. The predicted octanol–water partition coefficient (Wildman–Crippen LogP) is 9.03. The number of hydrogen-bond donors (Lipinski definition) is 4. The molecule has 4 N–H and O–H groups in total. The Labute approximate surface area is 469 Å². The summed E-state index contributed by atoms with van der Waals surface area (Å²) >= 11 is 0. The van der Waals surface area contributed by atoms with E-state index in [1.54, 1.807) is 59.3 Å². The molecule has 4 amide bonds. The van der Waals surface area contributed by atoms with E-state index in [4.69, 9.17) is 0 Å². The minimum absolute atomic E-state index is 0.0224. The van der Waals surface area contributed by atoms with Crippen LogP contribution in [0.1, 0.15) is 110 Å². The summed E-state index contributed by atoms with van der Waals surface area (Å²) in [5.74, 6) is -0.910. The SMILES string of the molecule is CC(=O)NCCC1C=Cc2c(cccc2[N+](=O)[O-])C1=O.CC(=O)NCCC1C=Cc2c(cccc2[N+](=O)[O-])C1=O.CC(=O)NCCn1ccc2c(NC(=O)CC3CCCCCC3)cccc2c1=O.O=c1occc2c([N+](=O)[O-])cccc12. The largest absolute Gasteiger partial charge is 0.431 e. The number of nitrogens with one attached hydrogen (secondary N) is 4. The van der Waals surface area contributed by atoms with Gasteiger partial charge in [0, 0.05) is 117 Å². The van der Waals surface area contributed by atoms with Crippen LogP contribution in [0.25, 0.3) is 33.7 Å². The summed E-state index contributed by atoms with van der Waals surface area (Å²) in [6, 6.07) is 22.0. The second-order valence-corrected chi connectivity index (χ2v) is 19.6. The van der Waals surface area contributed by atoms with Crippen LogP contribution < -0.4 is 32.5 Å². The molecule has 2 unspecified atom stereocenters. The smallest absolute Gasteiger partial charge is 0.343 e. The maximum atomic E-state index is 12.7. The first-order valence-electron chi connectivity index (χ1n) is 26.6. The Bertz CT molecular complexity index is 3490. The third kappa shape index (κ3) is 16.6. The third-order valence-electron chi connectivity index (χ3n) is 13.8. The van der Waals surface area contributed by atoms with E-state index in [0.717, 1.165) is 24.5 Å². The second-order valence-electron chi connectivity index (χ2n) is 19.6. The maximum absolute atomic E-state index is 12.7. The molecule has 3 aliphatic carbocycles. The number of nitrogens with zero attached hydrogens (tertiary/aromatic N) is 4. The molecule has 2 heterocycles. The highest BCUT2D eigenvalue weighted by Gasteiger charge is 2.29. The van der Waals surface area contributed by atoms with Crippen LogP contribution in [-0.4, -0.2) is 74.2 Å². The second kappa shape index (κ2) is 29.4. The Morgan fingerprint density at radius 1 is 0.573 bits per heavy atom. The Morgan fingerprint density at radius 2 is 1.06 bits per heavy atom. The number of benzene rings is 4. The van der Waals surface area contributed by atoms with E-state index in [0.29, 0.717) is 90.1 Å². The lowest BCUT2D eigenvalue weighted by Gasteiger charge is -2.18. The molecule has 9 rings (SSSR count). The number of ketones is 2. The third-order valence-corrected chi connectivity index (χ3v) is 13.8. The highest BCUT2D eigenvalue weighted by atomic mass is 16.6. The molecule has 1 fully saturated rings. The summed E-state index contributed by atoms with van der Waals surface area (Å²) in [6.45, 7) is 5.90. The molecule has 428 valence electrons. The summed E-state index contributed by atoms with van der Waals surface area (Å²) in [5, 5.41) is 45.3. The van der Waals surface area contributed by atoms with E-state index in [9.17, 15) is 68.7 Å². The summed E-state index contributed by atoms with van der Waals surface area (Å²) < 4.78 is 6.18. The molecule has 0 radical (unpaired) electrons. The molecule has 1 saturated carbocycles. The number of rotatable bonds is 15. The molecule has 0 saturated heterocycles. The van der Waals surface area contributed by atoms with Crippen molar-refractivity contribution in [2.45, 2.75) is 85.1 Å². The normalized spacial score (nSPS) is 15.1. The summed E-state index contributed by atoms with van der Waals surface area (Å²) in [6.07, 6.45) is 18.2. The van der Waals surface area contributed by atoms with Crippen molar-refractivity contribution < 1.29 is 48.0 Å². The van der Waals surface area contributed by atoms with Gasteiger partial charge in [-0.3, -0.25) is 63.9 Å². The number of carbonyl (C=O) groups excluding carboxylic acids is 6. The number of hydrogen-bond acceptors (Lipinski definition) is 15. The van der Waals surface area contributed by atoms with E-state index in [1.807, 2.05) is 12.1 Å². The topological polar surface area (TPSA) is 332 Å². The quantitative estimate of drug-likeness (QED) is 0.0423. The van der Waals surface area contributed by atoms with Crippen molar-refractivity contribution in [3.63, 3.8) is 0 Å². The molecule has 23 nitrogen and oxygen atoms in total. The Hall–Kier alpha value is -9.80. The predicted molar refractivity (Wildman–Crippen MR) is 307 cm³/mol. The fourth-order valence-electron chi connectivity index (χ4n) is 9.75. The fourth-order valence-corrected chi connectivity index (χ4v) is 9.75. The van der Waals surface area contributed by atoms with Crippen LogP contribution in [0, 0.1) is 48.1 Å². The first-order chi connectivity index (χ1) is 39.2. The Kier molecular flexibility index (Phi) is 22.0. The van der Waals surface area contributed by atoms with Gasteiger partial charge in [-0.25, -0.2) is 4.79 Å². The number of nitro groups is 3. The molecular formula is C59H62N8O15. The minimum Gasteiger partial charge on any atom is -0.431 e. The molecule has 82 heavy (non-hydrogen) atoms. The van der Waals surface area contributed by atoms with Crippen LogP contribution >= 0.6 is 0 Å². The van der Waals surface area contributed by atoms with Crippen LogP contribution in [0.4, 0.5) is 22.7 Å². The van der Waals surface area contributed by atoms with Crippen molar-refractivity contribution >= 4 is 91.6 Å². The van der Waals surface area contributed by atoms with Crippen molar-refractivity contribution in [1.82, 2.24) is 20.5 Å². The lowest BCUT2D eigenvalue weighted by atomic mass is 9.86. The maximum Gasteiger partial charge on any atom is 0.343 e. The van der Waals surface area contributed by atoms with Gasteiger partial charge in [0.15, 0.2) is 11.6 Å². The van der Waals surface area contributed by atoms with Gasteiger partial charge in [0.25, 0.3) is 22.6 Å². The molecular weight excluding hydrogens is 1060 g/mol. The molecule has 4 aromatic carbocycles. The zero-order valence-corrected chi connectivity index (χ0v) is 45.4. The van der Waals surface area contributed by atoms with E-state index in [2.05, 4.69) is 25.7 Å². The molecule has 0 spiro atoms. The van der Waals surface area contributed by atoms with Gasteiger partial charge in [-0.05, 0) is 61.9 Å². The Balaban J connectivity index is 0.000000181. The number of anilines is 1. The first kappa shape index (κ1) is 61.4. The minimum atomic E-state index is -0.564.